The topological polar surface area (TPSA) is 286 Å². The first-order chi connectivity index (χ1) is 41.4. The zero-order valence-corrected chi connectivity index (χ0v) is 50.4. The lowest BCUT2D eigenvalue weighted by Gasteiger charge is -2.44. The van der Waals surface area contributed by atoms with Gasteiger partial charge in [0.05, 0.1) is 72.5 Å². The zero-order valence-electron chi connectivity index (χ0n) is 50.4. The second-order valence-electron chi connectivity index (χ2n) is 24.1. The highest BCUT2D eigenvalue weighted by Crippen LogP contribution is 2.50. The number of aromatic hydroxyl groups is 1. The number of allylic oxidation sites excluding steroid dienone is 4. The van der Waals surface area contributed by atoms with Gasteiger partial charge in [0.1, 0.15) is 40.2 Å². The van der Waals surface area contributed by atoms with Gasteiger partial charge in [-0.25, -0.2) is 14.0 Å². The molecule has 24 heteroatoms. The molecule has 5 bridgehead atoms. The molecule has 23 nitrogen and oxygen atoms in total. The van der Waals surface area contributed by atoms with Crippen LogP contribution in [0.4, 0.5) is 14.9 Å². The van der Waals surface area contributed by atoms with E-state index >= 15 is 4.39 Å². The number of piperidine rings is 1. The Morgan fingerprint density at radius 1 is 0.805 bits per heavy atom. The predicted molar refractivity (Wildman–Crippen MR) is 314 cm³/mol. The van der Waals surface area contributed by atoms with Gasteiger partial charge in [0.25, 0.3) is 11.7 Å². The van der Waals surface area contributed by atoms with E-state index in [1.54, 1.807) is 54.2 Å². The van der Waals surface area contributed by atoms with E-state index in [2.05, 4.69) is 10.2 Å². The molecule has 3 saturated heterocycles. The van der Waals surface area contributed by atoms with Gasteiger partial charge >= 0.3 is 17.8 Å². The number of anilines is 1. The highest BCUT2D eigenvalue weighted by Gasteiger charge is 2.53. The zero-order chi connectivity index (χ0) is 62.7. The lowest BCUT2D eigenvalue weighted by atomic mass is 9.78. The number of aliphatic hydroxyl groups excluding tert-OH is 2. The van der Waals surface area contributed by atoms with Crippen molar-refractivity contribution in [3.05, 3.63) is 104 Å². The second-order valence-corrected chi connectivity index (χ2v) is 24.1. The lowest BCUT2D eigenvalue weighted by Crippen LogP contribution is -2.54. The molecule has 2 aromatic carbocycles. The Morgan fingerprint density at radius 3 is 2.11 bits per heavy atom. The SMILES string of the molecule is COc1c(N2CCN(C3CCN(C(=O)O[C@H]4[C@H](C)[C@H](O)[C@H](C)[C@@H](O)[C@@H](C)/C=C/C=C(/C)C(=O)NC5=C(N6CCOCC6)C(=O)c6c(c(O)c(C)c7c6C(=O)[C@@](C)(O/C=C/[C@H](OC)[C@H]4C)O7)C5=O)CC3)CC2)c(F)cc2c(=O)c(C(=O)O)cn(C3CC3)c12. The van der Waals surface area contributed by atoms with Gasteiger partial charge in [0, 0.05) is 119 Å². The quantitative estimate of drug-likeness (QED) is 0.182. The number of hydrogen-bond donors (Lipinski definition) is 5. The van der Waals surface area contributed by atoms with Crippen LogP contribution in [0, 0.1) is 36.4 Å². The molecular weight excluding hydrogens is 1130 g/mol. The number of carboxylic acids is 1. The van der Waals surface area contributed by atoms with Crippen LogP contribution in [0.25, 0.3) is 10.9 Å². The number of piperazine rings is 1. The number of nitrogens with one attached hydrogen (secondary N) is 1. The van der Waals surface area contributed by atoms with Crippen LogP contribution in [0.15, 0.2) is 64.6 Å². The van der Waals surface area contributed by atoms with E-state index < -0.39 is 129 Å². The molecule has 87 heavy (non-hydrogen) atoms. The molecule has 0 radical (unpaired) electrons. The van der Waals surface area contributed by atoms with Crippen molar-refractivity contribution in [2.75, 3.05) is 84.7 Å². The highest BCUT2D eigenvalue weighted by atomic mass is 19.1. The largest absolute Gasteiger partial charge is 0.507 e. The van der Waals surface area contributed by atoms with Gasteiger partial charge in [-0.15, -0.1) is 0 Å². The maximum Gasteiger partial charge on any atom is 0.410 e. The fourth-order valence-electron chi connectivity index (χ4n) is 13.2. The summed E-state index contributed by atoms with van der Waals surface area (Å²) in [5.41, 5.74) is -2.34. The Labute approximate surface area is 502 Å². The number of carbonyl (C=O) groups excluding carboxylic acids is 5. The molecule has 1 saturated carbocycles. The molecule has 5 N–H and O–H groups in total. The Kier molecular flexibility index (Phi) is 17.8. The summed E-state index contributed by atoms with van der Waals surface area (Å²) in [6.45, 7) is 14.4. The van der Waals surface area contributed by atoms with Crippen LogP contribution in [0.2, 0.25) is 0 Å². The number of nitrogens with zero attached hydrogens (tertiary/aromatic N) is 5. The number of aromatic carboxylic acids is 1. The first kappa shape index (κ1) is 62.4. The second kappa shape index (κ2) is 24.9. The van der Waals surface area contributed by atoms with E-state index in [0.717, 1.165) is 18.9 Å². The number of morpholine rings is 1. The highest BCUT2D eigenvalue weighted by molar-refractivity contribution is 6.32. The fourth-order valence-corrected chi connectivity index (χ4v) is 13.2. The molecule has 2 amide bonds. The summed E-state index contributed by atoms with van der Waals surface area (Å²) in [4.78, 5) is 106. The molecule has 9 atom stereocenters. The number of phenolic OH excluding ortho intramolecular Hbond substituents is 1. The summed E-state index contributed by atoms with van der Waals surface area (Å²) in [7, 11) is 2.84. The molecule has 11 rings (SSSR count). The van der Waals surface area contributed by atoms with Crippen molar-refractivity contribution in [1.82, 2.24) is 24.6 Å². The molecule has 3 aromatic rings. The minimum Gasteiger partial charge on any atom is -0.507 e. The van der Waals surface area contributed by atoms with E-state index in [1.165, 1.54) is 59.6 Å². The monoisotopic (exact) mass is 1210 g/mol. The summed E-state index contributed by atoms with van der Waals surface area (Å²) in [5, 5.41) is 48.0. The van der Waals surface area contributed by atoms with Crippen LogP contribution >= 0.6 is 0 Å². The van der Waals surface area contributed by atoms with E-state index in [4.69, 9.17) is 28.4 Å². The van der Waals surface area contributed by atoms with Gasteiger partial charge in [0.2, 0.25) is 17.0 Å². The van der Waals surface area contributed by atoms with Gasteiger partial charge in [-0.1, -0.05) is 45.9 Å². The van der Waals surface area contributed by atoms with Crippen molar-refractivity contribution in [3.8, 4) is 17.2 Å². The number of benzene rings is 2. The molecule has 468 valence electrons. The average molecular weight is 1210 g/mol. The number of aromatic nitrogens is 1. The van der Waals surface area contributed by atoms with Crippen LogP contribution in [0.5, 0.6) is 17.2 Å². The molecule has 1 aromatic heterocycles. The first-order valence-electron chi connectivity index (χ1n) is 29.7. The first-order valence-corrected chi connectivity index (χ1v) is 29.7. The molecule has 8 aliphatic rings. The Morgan fingerprint density at radius 2 is 1.48 bits per heavy atom. The summed E-state index contributed by atoms with van der Waals surface area (Å²) in [6.07, 6.45) is 6.33. The van der Waals surface area contributed by atoms with Gasteiger partial charge in [-0.2, -0.15) is 0 Å². The van der Waals surface area contributed by atoms with Crippen LogP contribution in [0.1, 0.15) is 120 Å². The lowest BCUT2D eigenvalue weighted by molar-refractivity contribution is -0.116. The van der Waals surface area contributed by atoms with Gasteiger partial charge in [-0.3, -0.25) is 28.9 Å². The third-order valence-corrected chi connectivity index (χ3v) is 18.6. The number of halogens is 1. The van der Waals surface area contributed by atoms with E-state index in [-0.39, 0.29) is 83.4 Å². The van der Waals surface area contributed by atoms with Crippen molar-refractivity contribution in [2.45, 2.75) is 116 Å². The van der Waals surface area contributed by atoms with E-state index in [9.17, 15) is 54.0 Å². The maximum atomic E-state index is 16.2. The maximum absolute atomic E-state index is 16.2. The normalized spacial score (nSPS) is 29.5. The number of phenols is 1. The summed E-state index contributed by atoms with van der Waals surface area (Å²) < 4.78 is 54.0. The number of hydrogen-bond acceptors (Lipinski definition) is 19. The Hall–Kier alpha value is -7.64. The molecule has 0 spiro atoms. The number of amides is 2. The van der Waals surface area contributed by atoms with Gasteiger partial charge in [-0.05, 0) is 51.7 Å². The van der Waals surface area contributed by atoms with Crippen LogP contribution < -0.4 is 25.1 Å². The molecule has 0 unspecified atom stereocenters. The van der Waals surface area contributed by atoms with Crippen LogP contribution in [-0.2, 0) is 23.7 Å². The van der Waals surface area contributed by atoms with Crippen molar-refractivity contribution in [3.63, 3.8) is 0 Å². The molecule has 6 aliphatic heterocycles. The van der Waals surface area contributed by atoms with Gasteiger partial charge < -0.3 is 73.4 Å². The van der Waals surface area contributed by atoms with E-state index in [1.807, 2.05) is 4.90 Å². The predicted octanol–water partition coefficient (Wildman–Crippen LogP) is 5.65. The number of rotatable bonds is 8. The molecule has 7 heterocycles. The number of ether oxygens (including phenoxy) is 6. The number of pyridine rings is 1. The Bertz CT molecular complexity index is 3480. The number of aliphatic hydroxyl groups is 2. The van der Waals surface area contributed by atoms with Crippen molar-refractivity contribution in [1.29, 1.82) is 0 Å². The fraction of sp³-hybridized carbons (Fsp3) is 0.540. The number of carbonyl (C=O) groups is 6. The number of ketones is 3. The minimum absolute atomic E-state index is 0.0302. The number of Topliss-reactive ketones (excluding diaryl/α,β-unsaturated/α-hetero) is 3. The summed E-state index contributed by atoms with van der Waals surface area (Å²) >= 11 is 0. The standard InChI is InChI=1S/C63H77FN6O17/c1-31-11-10-12-32(2)60(78)65-46-49(68-24-27-84-28-25-68)55(76)43-44(54(46)75)52(73)36(6)57-45(43)59(77)63(7,87-57)85-26-17-42(82-8)33(3)56(35(5)51(72)34(4)50(31)71)86-62(81)69-18-15-37(16-19-69)66-20-22-67(23-21-66)48-41(64)29-39-47(58(48)83-9)70(38-13-14-38)30-40(53(39)74)61(79)80/h10-12,17,26,29-31,33-35,37-38,42,50-51,56,71-73H,13-16,18-25,27-28H2,1-9H3,(H,65,78)(H,79,80)/b11-10+,26-17+,32-12-/t31-,33+,34+,35+,42-,50-,51+,56+,63-/m0/s1. The molecule has 2 aliphatic carbocycles. The molecule has 4 fully saturated rings. The van der Waals surface area contributed by atoms with Crippen molar-refractivity contribution < 1.29 is 82.0 Å². The van der Waals surface area contributed by atoms with Crippen molar-refractivity contribution >= 4 is 51.9 Å². The minimum atomic E-state index is -2.16. The number of likely N-dealkylation sites (tertiary alicyclic amines) is 1. The summed E-state index contributed by atoms with van der Waals surface area (Å²) in [6, 6.07) is 1.13. The Balaban J connectivity index is 0.881. The average Bonchev–Trinajstić information content (AvgIpc) is 1.77. The number of carboxylic acid groups (broad SMARTS) is 1. The molecular formula is C63H77FN6O17. The third kappa shape index (κ3) is 11.5. The summed E-state index contributed by atoms with van der Waals surface area (Å²) in [5.74, 6) is -11.2. The smallest absolute Gasteiger partial charge is 0.410 e. The van der Waals surface area contributed by atoms with E-state index in [0.29, 0.717) is 57.6 Å². The number of fused-ring (bicyclic) bond motifs is 15. The van der Waals surface area contributed by atoms with Gasteiger partial charge in [0.15, 0.2) is 11.6 Å². The van der Waals surface area contributed by atoms with Crippen molar-refractivity contribution in [2.24, 2.45) is 23.7 Å². The van der Waals surface area contributed by atoms with Crippen LogP contribution in [0.3, 0.4) is 0 Å². The van der Waals surface area contributed by atoms with Crippen LogP contribution in [-0.4, -0.2) is 191 Å². The third-order valence-electron chi connectivity index (χ3n) is 18.6. The number of methoxy groups -OCH3 is 2.